The molecule has 1 aromatic carbocycles. The zero-order valence-corrected chi connectivity index (χ0v) is 18.3. The number of aryl methyl sites for hydroxylation is 1. The van der Waals surface area contributed by atoms with E-state index in [0.29, 0.717) is 19.7 Å². The highest BCUT2D eigenvalue weighted by molar-refractivity contribution is 5.95. The lowest BCUT2D eigenvalue weighted by atomic mass is 9.75. The van der Waals surface area contributed by atoms with E-state index in [1.54, 1.807) is 0 Å². The van der Waals surface area contributed by atoms with Gasteiger partial charge in [0.1, 0.15) is 0 Å². The van der Waals surface area contributed by atoms with E-state index in [0.717, 1.165) is 50.1 Å². The molecule has 0 spiro atoms. The number of amides is 1. The number of fused-ring (bicyclic) bond motifs is 1. The van der Waals surface area contributed by atoms with Gasteiger partial charge in [0.15, 0.2) is 0 Å². The van der Waals surface area contributed by atoms with Gasteiger partial charge in [0.2, 0.25) is 0 Å². The van der Waals surface area contributed by atoms with Crippen LogP contribution in [0.15, 0.2) is 24.3 Å². The van der Waals surface area contributed by atoms with E-state index in [2.05, 4.69) is 23.9 Å². The summed E-state index contributed by atoms with van der Waals surface area (Å²) in [6.45, 7) is 9.01. The Bertz CT molecular complexity index is 736. The van der Waals surface area contributed by atoms with Crippen molar-refractivity contribution in [1.29, 1.82) is 0 Å². The normalized spacial score (nSPS) is 25.0. The summed E-state index contributed by atoms with van der Waals surface area (Å²) in [5.41, 5.74) is 1.26. The third-order valence-electron chi connectivity index (χ3n) is 6.47. The molecule has 0 aliphatic carbocycles. The van der Waals surface area contributed by atoms with Crippen molar-refractivity contribution in [3.05, 3.63) is 35.4 Å². The summed E-state index contributed by atoms with van der Waals surface area (Å²) in [6, 6.07) is 7.76. The summed E-state index contributed by atoms with van der Waals surface area (Å²) in [6.07, 6.45) is 1.61. The highest BCUT2D eigenvalue weighted by atomic mass is 16.5. The molecule has 1 amide bonds. The van der Waals surface area contributed by atoms with Crippen LogP contribution in [0.5, 0.6) is 0 Å². The first-order chi connectivity index (χ1) is 13.9. The summed E-state index contributed by atoms with van der Waals surface area (Å²) in [7, 11) is 4.13. The lowest BCUT2D eigenvalue weighted by Crippen LogP contribution is -2.43. The van der Waals surface area contributed by atoms with Crippen molar-refractivity contribution in [3.8, 4) is 0 Å². The van der Waals surface area contributed by atoms with Gasteiger partial charge in [-0.1, -0.05) is 18.2 Å². The van der Waals surface area contributed by atoms with Gasteiger partial charge in [-0.25, -0.2) is 0 Å². The van der Waals surface area contributed by atoms with Gasteiger partial charge in [-0.3, -0.25) is 9.59 Å². The van der Waals surface area contributed by atoms with Crippen LogP contribution < -0.4 is 0 Å². The van der Waals surface area contributed by atoms with Crippen LogP contribution >= 0.6 is 0 Å². The van der Waals surface area contributed by atoms with Gasteiger partial charge in [-0.15, -0.1) is 0 Å². The van der Waals surface area contributed by atoms with Crippen LogP contribution in [0.4, 0.5) is 0 Å². The lowest BCUT2D eigenvalue weighted by Gasteiger charge is -2.31. The molecule has 2 atom stereocenters. The van der Waals surface area contributed by atoms with Crippen molar-refractivity contribution in [2.45, 2.75) is 26.7 Å². The summed E-state index contributed by atoms with van der Waals surface area (Å²) in [4.78, 5) is 32.8. The molecule has 1 aromatic rings. The summed E-state index contributed by atoms with van der Waals surface area (Å²) in [5.74, 6) is 0.108. The molecular formula is C23H35N3O3. The van der Waals surface area contributed by atoms with Gasteiger partial charge < -0.3 is 19.4 Å². The Hall–Kier alpha value is -1.92. The summed E-state index contributed by atoms with van der Waals surface area (Å²) >= 11 is 0. The second-order valence-corrected chi connectivity index (χ2v) is 8.78. The van der Waals surface area contributed by atoms with E-state index >= 15 is 0 Å². The van der Waals surface area contributed by atoms with Crippen molar-refractivity contribution in [2.75, 3.05) is 60.0 Å². The minimum Gasteiger partial charge on any atom is -0.466 e. The van der Waals surface area contributed by atoms with Crippen LogP contribution in [0.3, 0.4) is 0 Å². The number of hydrogen-bond donors (Lipinski definition) is 0. The van der Waals surface area contributed by atoms with Crippen LogP contribution in [0, 0.1) is 18.3 Å². The zero-order valence-electron chi connectivity index (χ0n) is 18.3. The van der Waals surface area contributed by atoms with Crippen LogP contribution in [0.25, 0.3) is 0 Å². The number of carbonyl (C=O) groups is 2. The number of likely N-dealkylation sites (N-methyl/N-ethyl adjacent to an activating group) is 1. The molecule has 0 unspecified atom stereocenters. The maximum atomic E-state index is 13.2. The van der Waals surface area contributed by atoms with E-state index in [4.69, 9.17) is 4.74 Å². The molecule has 0 saturated carbocycles. The van der Waals surface area contributed by atoms with E-state index in [9.17, 15) is 9.59 Å². The minimum atomic E-state index is -0.497. The molecule has 2 saturated heterocycles. The maximum Gasteiger partial charge on any atom is 0.313 e. The predicted octanol–water partition coefficient (Wildman–Crippen LogP) is 2.27. The topological polar surface area (TPSA) is 53.1 Å². The lowest BCUT2D eigenvalue weighted by molar-refractivity contribution is -0.157. The summed E-state index contributed by atoms with van der Waals surface area (Å²) < 4.78 is 5.54. The van der Waals surface area contributed by atoms with Gasteiger partial charge in [-0.2, -0.15) is 0 Å². The third-order valence-corrected chi connectivity index (χ3v) is 6.47. The number of likely N-dealkylation sites (tertiary alicyclic amines) is 2. The Labute approximate surface area is 174 Å². The molecule has 160 valence electrons. The fourth-order valence-electron chi connectivity index (χ4n) is 4.82. The number of ether oxygens (including phenoxy) is 1. The van der Waals surface area contributed by atoms with Crippen molar-refractivity contribution < 1.29 is 14.3 Å². The SMILES string of the molecule is CCOC(=O)[C@]12CCCN(C(=O)c3ccccc3C)C[C@H]1CN(CCN(C)C)C2. The van der Waals surface area contributed by atoms with Gasteiger partial charge in [0.05, 0.1) is 12.0 Å². The van der Waals surface area contributed by atoms with Gasteiger partial charge in [0, 0.05) is 50.7 Å². The molecule has 2 fully saturated rings. The number of carbonyl (C=O) groups excluding carboxylic acids is 2. The number of nitrogens with zero attached hydrogens (tertiary/aromatic N) is 3. The van der Waals surface area contributed by atoms with Crippen LogP contribution in [0.1, 0.15) is 35.7 Å². The fraction of sp³-hybridized carbons (Fsp3) is 0.652. The molecule has 29 heavy (non-hydrogen) atoms. The van der Waals surface area contributed by atoms with E-state index in [1.165, 1.54) is 0 Å². The van der Waals surface area contributed by atoms with Gasteiger partial charge in [0.25, 0.3) is 5.91 Å². The molecule has 2 heterocycles. The first-order valence-electron chi connectivity index (χ1n) is 10.8. The van der Waals surface area contributed by atoms with Gasteiger partial charge >= 0.3 is 5.97 Å². The summed E-state index contributed by atoms with van der Waals surface area (Å²) in [5, 5.41) is 0. The van der Waals surface area contributed by atoms with E-state index in [1.807, 2.05) is 43.0 Å². The maximum absolute atomic E-state index is 13.2. The number of rotatable bonds is 6. The van der Waals surface area contributed by atoms with Gasteiger partial charge in [-0.05, 0) is 52.4 Å². The second-order valence-electron chi connectivity index (χ2n) is 8.78. The number of hydrogen-bond acceptors (Lipinski definition) is 5. The highest BCUT2D eigenvalue weighted by Gasteiger charge is 2.54. The molecule has 2 aliphatic rings. The largest absolute Gasteiger partial charge is 0.466 e. The standard InChI is InChI=1S/C23H35N3O3/c1-5-29-22(28)23-11-8-12-26(21(27)20-10-7-6-9-18(20)2)16-19(23)15-25(17-23)14-13-24(3)4/h6-7,9-10,19H,5,8,11-17H2,1-4H3/t19-,23+/m1/s1. The molecule has 6 nitrogen and oxygen atoms in total. The first kappa shape index (κ1) is 21.8. The zero-order chi connectivity index (χ0) is 21.0. The first-order valence-corrected chi connectivity index (χ1v) is 10.8. The highest BCUT2D eigenvalue weighted by Crippen LogP contribution is 2.44. The molecule has 0 radical (unpaired) electrons. The Kier molecular flexibility index (Phi) is 6.96. The molecule has 0 aromatic heterocycles. The predicted molar refractivity (Wildman–Crippen MR) is 114 cm³/mol. The third kappa shape index (κ3) is 4.64. The molecule has 6 heteroatoms. The monoisotopic (exact) mass is 401 g/mol. The Morgan fingerprint density at radius 1 is 1.24 bits per heavy atom. The molecular weight excluding hydrogens is 366 g/mol. The smallest absolute Gasteiger partial charge is 0.313 e. The molecule has 2 aliphatic heterocycles. The van der Waals surface area contributed by atoms with Crippen molar-refractivity contribution in [3.63, 3.8) is 0 Å². The fourth-order valence-corrected chi connectivity index (χ4v) is 4.82. The second kappa shape index (κ2) is 9.26. The van der Waals surface area contributed by atoms with Crippen LogP contribution in [0.2, 0.25) is 0 Å². The number of esters is 1. The van der Waals surface area contributed by atoms with Crippen LogP contribution in [-0.2, 0) is 9.53 Å². The van der Waals surface area contributed by atoms with E-state index in [-0.39, 0.29) is 17.8 Å². The van der Waals surface area contributed by atoms with Crippen molar-refractivity contribution in [2.24, 2.45) is 11.3 Å². The Morgan fingerprint density at radius 3 is 2.69 bits per heavy atom. The van der Waals surface area contributed by atoms with E-state index < -0.39 is 5.41 Å². The number of benzene rings is 1. The average molecular weight is 402 g/mol. The van der Waals surface area contributed by atoms with Crippen molar-refractivity contribution >= 4 is 11.9 Å². The minimum absolute atomic E-state index is 0.0782. The Balaban J connectivity index is 1.82. The van der Waals surface area contributed by atoms with Crippen LogP contribution in [-0.4, -0.2) is 86.5 Å². The molecule has 0 N–H and O–H groups in total. The molecule has 0 bridgehead atoms. The van der Waals surface area contributed by atoms with Crippen molar-refractivity contribution in [1.82, 2.24) is 14.7 Å². The average Bonchev–Trinajstić information content (AvgIpc) is 2.94. The quantitative estimate of drug-likeness (QED) is 0.685. The Morgan fingerprint density at radius 2 is 2.00 bits per heavy atom. The molecule has 3 rings (SSSR count).